The molecule has 90 valence electrons. The normalized spacial score (nSPS) is 14.8. The maximum Gasteiger partial charge on any atom is 0.126 e. The van der Waals surface area contributed by atoms with E-state index in [4.69, 9.17) is 10.5 Å². The van der Waals surface area contributed by atoms with Crippen LogP contribution in [0.15, 0.2) is 18.2 Å². The minimum Gasteiger partial charge on any atom is -0.382 e. The summed E-state index contributed by atoms with van der Waals surface area (Å²) in [6, 6.07) is 3.02. The molecule has 0 fully saturated rings. The molecule has 2 atom stereocenters. The van der Waals surface area contributed by atoms with E-state index in [1.165, 1.54) is 12.1 Å². The topological polar surface area (TPSA) is 35.2 Å². The molecule has 2 N–H and O–H groups in total. The van der Waals surface area contributed by atoms with E-state index in [1.807, 2.05) is 6.92 Å². The van der Waals surface area contributed by atoms with Crippen LogP contribution in [0.2, 0.25) is 0 Å². The number of benzene rings is 1. The number of rotatable bonds is 5. The highest BCUT2D eigenvalue weighted by Crippen LogP contribution is 2.19. The molecule has 0 aliphatic rings. The van der Waals surface area contributed by atoms with Crippen LogP contribution in [0.4, 0.5) is 8.78 Å². The van der Waals surface area contributed by atoms with Crippen molar-refractivity contribution in [2.75, 3.05) is 7.11 Å². The minimum absolute atomic E-state index is 0.101. The Morgan fingerprint density at radius 3 is 2.25 bits per heavy atom. The molecule has 0 bridgehead atoms. The van der Waals surface area contributed by atoms with Gasteiger partial charge in [0, 0.05) is 19.2 Å². The molecule has 0 heterocycles. The molecule has 0 amide bonds. The first-order valence-corrected chi connectivity index (χ1v) is 5.27. The molecule has 2 unspecified atom stereocenters. The fourth-order valence-electron chi connectivity index (χ4n) is 1.49. The lowest BCUT2D eigenvalue weighted by Gasteiger charge is -2.15. The zero-order valence-electron chi connectivity index (χ0n) is 9.54. The summed E-state index contributed by atoms with van der Waals surface area (Å²) in [5, 5.41) is 0. The lowest BCUT2D eigenvalue weighted by molar-refractivity contribution is 0.107. The van der Waals surface area contributed by atoms with Gasteiger partial charge in [0.05, 0.1) is 6.10 Å². The number of ether oxygens (including phenoxy) is 1. The molecule has 0 saturated carbocycles. The fourth-order valence-corrected chi connectivity index (χ4v) is 1.49. The van der Waals surface area contributed by atoms with Crippen molar-refractivity contribution >= 4 is 0 Å². The molecular weight excluding hydrogens is 212 g/mol. The van der Waals surface area contributed by atoms with E-state index >= 15 is 0 Å². The van der Waals surface area contributed by atoms with E-state index in [0.717, 1.165) is 12.5 Å². The maximum absolute atomic E-state index is 12.9. The predicted molar refractivity (Wildman–Crippen MR) is 59.0 cm³/mol. The summed E-state index contributed by atoms with van der Waals surface area (Å²) >= 11 is 0. The number of hydrogen-bond acceptors (Lipinski definition) is 2. The van der Waals surface area contributed by atoms with Gasteiger partial charge in [0.15, 0.2) is 0 Å². The second-order valence-corrected chi connectivity index (χ2v) is 3.93. The average Bonchev–Trinajstić information content (AvgIpc) is 2.23. The molecule has 1 rings (SSSR count). The quantitative estimate of drug-likeness (QED) is 0.842. The van der Waals surface area contributed by atoms with Gasteiger partial charge >= 0.3 is 0 Å². The monoisotopic (exact) mass is 229 g/mol. The molecule has 2 nitrogen and oxygen atoms in total. The number of hydrogen-bond donors (Lipinski definition) is 1. The summed E-state index contributed by atoms with van der Waals surface area (Å²) < 4.78 is 30.9. The first kappa shape index (κ1) is 13.1. The second-order valence-electron chi connectivity index (χ2n) is 3.93. The van der Waals surface area contributed by atoms with E-state index in [-0.39, 0.29) is 12.1 Å². The number of methoxy groups -OCH3 is 1. The van der Waals surface area contributed by atoms with E-state index in [2.05, 4.69) is 0 Å². The van der Waals surface area contributed by atoms with Crippen LogP contribution in [0, 0.1) is 11.6 Å². The van der Waals surface area contributed by atoms with Gasteiger partial charge in [0.25, 0.3) is 0 Å². The maximum atomic E-state index is 12.9. The van der Waals surface area contributed by atoms with Crippen LogP contribution in [0.5, 0.6) is 0 Å². The third-order valence-electron chi connectivity index (χ3n) is 2.60. The van der Waals surface area contributed by atoms with Crippen LogP contribution in [0.1, 0.15) is 31.4 Å². The molecule has 0 spiro atoms. The van der Waals surface area contributed by atoms with Crippen molar-refractivity contribution in [3.8, 4) is 0 Å². The van der Waals surface area contributed by atoms with Crippen molar-refractivity contribution in [1.29, 1.82) is 0 Å². The van der Waals surface area contributed by atoms with Crippen molar-refractivity contribution in [2.24, 2.45) is 5.73 Å². The van der Waals surface area contributed by atoms with Gasteiger partial charge in [-0.3, -0.25) is 0 Å². The lowest BCUT2D eigenvalue weighted by atomic mass is 10.0. The first-order valence-electron chi connectivity index (χ1n) is 5.27. The Labute approximate surface area is 94.4 Å². The standard InChI is InChI=1S/C12H17F2NO/c1-8(16-2)3-4-12(15)9-5-10(13)7-11(14)6-9/h5-8,12H,3-4,15H2,1-2H3. The van der Waals surface area contributed by atoms with Crippen LogP contribution in [-0.2, 0) is 4.74 Å². The SMILES string of the molecule is COC(C)CCC(N)c1cc(F)cc(F)c1. The third-order valence-corrected chi connectivity index (χ3v) is 2.60. The largest absolute Gasteiger partial charge is 0.382 e. The molecule has 4 heteroatoms. The number of nitrogens with two attached hydrogens (primary N) is 1. The van der Waals surface area contributed by atoms with Gasteiger partial charge < -0.3 is 10.5 Å². The zero-order valence-corrected chi connectivity index (χ0v) is 9.54. The predicted octanol–water partition coefficient (Wildman–Crippen LogP) is 2.78. The van der Waals surface area contributed by atoms with Gasteiger partial charge in [-0.1, -0.05) is 0 Å². The molecule has 1 aromatic rings. The average molecular weight is 229 g/mol. The summed E-state index contributed by atoms with van der Waals surface area (Å²) in [7, 11) is 1.62. The summed E-state index contributed by atoms with van der Waals surface area (Å²) in [6.07, 6.45) is 1.50. The molecule has 0 saturated heterocycles. The molecule has 0 radical (unpaired) electrons. The molecular formula is C12H17F2NO. The van der Waals surface area contributed by atoms with Gasteiger partial charge in [0.2, 0.25) is 0 Å². The Morgan fingerprint density at radius 1 is 1.19 bits per heavy atom. The lowest BCUT2D eigenvalue weighted by Crippen LogP contribution is -2.14. The van der Waals surface area contributed by atoms with E-state index in [9.17, 15) is 8.78 Å². The summed E-state index contributed by atoms with van der Waals surface area (Å²) in [5.41, 5.74) is 6.33. The highest BCUT2D eigenvalue weighted by molar-refractivity contribution is 5.21. The summed E-state index contributed by atoms with van der Waals surface area (Å²) in [6.45, 7) is 1.93. The van der Waals surface area contributed by atoms with Crippen LogP contribution in [0.25, 0.3) is 0 Å². The molecule has 16 heavy (non-hydrogen) atoms. The molecule has 0 aliphatic heterocycles. The van der Waals surface area contributed by atoms with E-state index < -0.39 is 11.6 Å². The van der Waals surface area contributed by atoms with E-state index in [0.29, 0.717) is 12.0 Å². The van der Waals surface area contributed by atoms with Crippen molar-refractivity contribution in [3.63, 3.8) is 0 Å². The van der Waals surface area contributed by atoms with Crippen molar-refractivity contribution in [1.82, 2.24) is 0 Å². The molecule has 0 aliphatic carbocycles. The Bertz CT molecular complexity index is 324. The van der Waals surface area contributed by atoms with Crippen molar-refractivity contribution in [3.05, 3.63) is 35.4 Å². The van der Waals surface area contributed by atoms with Crippen LogP contribution in [0.3, 0.4) is 0 Å². The highest BCUT2D eigenvalue weighted by atomic mass is 19.1. The van der Waals surface area contributed by atoms with Crippen LogP contribution < -0.4 is 5.73 Å². The molecule has 1 aromatic carbocycles. The highest BCUT2D eigenvalue weighted by Gasteiger charge is 2.10. The van der Waals surface area contributed by atoms with Gasteiger partial charge in [-0.15, -0.1) is 0 Å². The summed E-state index contributed by atoms with van der Waals surface area (Å²) in [4.78, 5) is 0. The smallest absolute Gasteiger partial charge is 0.126 e. The Hall–Kier alpha value is -1.00. The van der Waals surface area contributed by atoms with Gasteiger partial charge in [-0.05, 0) is 37.5 Å². The van der Waals surface area contributed by atoms with Gasteiger partial charge in [-0.25, -0.2) is 8.78 Å². The van der Waals surface area contributed by atoms with Crippen LogP contribution in [-0.4, -0.2) is 13.2 Å². The second kappa shape index (κ2) is 5.92. The van der Waals surface area contributed by atoms with Crippen molar-refractivity contribution in [2.45, 2.75) is 31.9 Å². The molecule has 0 aromatic heterocycles. The third kappa shape index (κ3) is 3.87. The van der Waals surface area contributed by atoms with Gasteiger partial charge in [-0.2, -0.15) is 0 Å². The Morgan fingerprint density at radius 2 is 1.75 bits per heavy atom. The van der Waals surface area contributed by atoms with E-state index in [1.54, 1.807) is 7.11 Å². The number of halogens is 2. The Balaban J connectivity index is 2.62. The van der Waals surface area contributed by atoms with Crippen LogP contribution >= 0.6 is 0 Å². The summed E-state index contributed by atoms with van der Waals surface area (Å²) in [5.74, 6) is -1.18. The fraction of sp³-hybridized carbons (Fsp3) is 0.500. The minimum atomic E-state index is -0.592. The first-order chi connectivity index (χ1) is 7.52. The Kier molecular flexibility index (Phi) is 4.83. The zero-order chi connectivity index (χ0) is 12.1. The van der Waals surface area contributed by atoms with Gasteiger partial charge in [0.1, 0.15) is 11.6 Å². The van der Waals surface area contributed by atoms with Crippen molar-refractivity contribution < 1.29 is 13.5 Å².